The van der Waals surface area contributed by atoms with E-state index in [1.165, 1.54) is 0 Å². The van der Waals surface area contributed by atoms with E-state index in [4.69, 9.17) is 0 Å². The molecule has 23 heavy (non-hydrogen) atoms. The summed E-state index contributed by atoms with van der Waals surface area (Å²) in [5.74, 6) is 0.0956. The maximum Gasteiger partial charge on any atom is 0.211 e. The summed E-state index contributed by atoms with van der Waals surface area (Å²) in [4.78, 5) is 11.0. The van der Waals surface area contributed by atoms with Crippen molar-refractivity contribution in [1.82, 2.24) is 24.2 Å². The molecular weight excluding hydrogens is 334 g/mol. The molecule has 0 bridgehead atoms. The smallest absolute Gasteiger partial charge is 0.211 e. The minimum atomic E-state index is -3.19. The first-order valence-corrected chi connectivity index (χ1v) is 10.1. The summed E-state index contributed by atoms with van der Waals surface area (Å²) < 4.78 is 28.2. The van der Waals surface area contributed by atoms with Crippen molar-refractivity contribution in [2.45, 2.75) is 33.0 Å². The van der Waals surface area contributed by atoms with Crippen molar-refractivity contribution < 1.29 is 8.42 Å². The van der Waals surface area contributed by atoms with Gasteiger partial charge < -0.3 is 4.57 Å². The first-order valence-electron chi connectivity index (χ1n) is 7.58. The van der Waals surface area contributed by atoms with Crippen LogP contribution in [0.2, 0.25) is 0 Å². The van der Waals surface area contributed by atoms with Crippen LogP contribution in [0.3, 0.4) is 0 Å². The zero-order chi connectivity index (χ0) is 16.4. The van der Waals surface area contributed by atoms with Crippen LogP contribution >= 0.6 is 11.3 Å². The zero-order valence-corrected chi connectivity index (χ0v) is 14.9. The normalized spacial score (nSPS) is 19.0. The predicted octanol–water partition coefficient (Wildman–Crippen LogP) is 1.14. The molecule has 7 nitrogen and oxygen atoms in total. The van der Waals surface area contributed by atoms with E-state index in [2.05, 4.69) is 29.5 Å². The number of thiazole rings is 1. The summed E-state index contributed by atoms with van der Waals surface area (Å²) in [6, 6.07) is 0.0438. The molecule has 0 aliphatic carbocycles. The molecule has 2 aromatic rings. The van der Waals surface area contributed by atoms with Crippen LogP contribution in [0.5, 0.6) is 0 Å². The first-order chi connectivity index (χ1) is 11.0. The molecule has 0 amide bonds. The first kappa shape index (κ1) is 16.6. The third-order valence-corrected chi connectivity index (χ3v) is 6.15. The summed E-state index contributed by atoms with van der Waals surface area (Å²) in [5.41, 5.74) is 2.16. The van der Waals surface area contributed by atoms with E-state index < -0.39 is 10.0 Å². The molecule has 0 aromatic carbocycles. The van der Waals surface area contributed by atoms with Crippen molar-refractivity contribution in [3.63, 3.8) is 0 Å². The summed E-state index contributed by atoms with van der Waals surface area (Å²) in [7, 11) is -3.19. The Morgan fingerprint density at radius 3 is 3.00 bits per heavy atom. The van der Waals surface area contributed by atoms with Crippen molar-refractivity contribution in [1.29, 1.82) is 0 Å². The van der Waals surface area contributed by atoms with Crippen LogP contribution in [-0.2, 0) is 23.1 Å². The second-order valence-corrected chi connectivity index (χ2v) is 8.88. The number of imidazole rings is 1. The van der Waals surface area contributed by atoms with Crippen LogP contribution in [0.4, 0.5) is 0 Å². The van der Waals surface area contributed by atoms with Gasteiger partial charge in [-0.25, -0.2) is 23.1 Å². The van der Waals surface area contributed by atoms with E-state index in [1.54, 1.807) is 24.6 Å². The molecule has 1 atom stereocenters. The largest absolute Gasteiger partial charge is 0.328 e. The van der Waals surface area contributed by atoms with Crippen molar-refractivity contribution in [2.75, 3.05) is 18.8 Å². The molecule has 3 heterocycles. The Morgan fingerprint density at radius 2 is 2.30 bits per heavy atom. The van der Waals surface area contributed by atoms with Crippen LogP contribution in [0, 0.1) is 6.92 Å². The van der Waals surface area contributed by atoms with E-state index in [0.29, 0.717) is 6.54 Å². The average molecular weight is 355 g/mol. The van der Waals surface area contributed by atoms with E-state index in [1.807, 2.05) is 13.1 Å². The summed E-state index contributed by atoms with van der Waals surface area (Å²) in [6.45, 7) is 6.36. The minimum Gasteiger partial charge on any atom is -0.328 e. The maximum absolute atomic E-state index is 11.7. The third kappa shape index (κ3) is 3.97. The van der Waals surface area contributed by atoms with Gasteiger partial charge >= 0.3 is 0 Å². The predicted molar refractivity (Wildman–Crippen MR) is 89.7 cm³/mol. The highest BCUT2D eigenvalue weighted by Gasteiger charge is 2.26. The summed E-state index contributed by atoms with van der Waals surface area (Å²) >= 11 is 1.65. The molecule has 0 saturated carbocycles. The summed E-state index contributed by atoms with van der Waals surface area (Å²) in [5, 5.41) is 3.14. The highest BCUT2D eigenvalue weighted by atomic mass is 32.2. The van der Waals surface area contributed by atoms with E-state index in [9.17, 15) is 8.42 Å². The van der Waals surface area contributed by atoms with Crippen molar-refractivity contribution >= 4 is 21.4 Å². The van der Waals surface area contributed by atoms with Gasteiger partial charge in [0.25, 0.3) is 0 Å². The molecule has 1 aliphatic heterocycles. The SMILES string of the molecule is CCS(=O)(=O)NC[C@@H]1CN(Cc2csc(C)n2)Cc2cncn21. The number of nitrogens with zero attached hydrogens (tertiary/aromatic N) is 4. The number of sulfonamides is 1. The Bertz CT molecular complexity index is 768. The fourth-order valence-electron chi connectivity index (χ4n) is 2.78. The zero-order valence-electron chi connectivity index (χ0n) is 13.3. The molecular formula is C14H21N5O2S2. The van der Waals surface area contributed by atoms with Crippen LogP contribution in [-0.4, -0.2) is 46.7 Å². The topological polar surface area (TPSA) is 80.1 Å². The van der Waals surface area contributed by atoms with Crippen molar-refractivity contribution in [3.05, 3.63) is 34.3 Å². The monoisotopic (exact) mass is 355 g/mol. The lowest BCUT2D eigenvalue weighted by Gasteiger charge is -2.34. The maximum atomic E-state index is 11.7. The van der Waals surface area contributed by atoms with Crippen LogP contribution < -0.4 is 4.72 Å². The second-order valence-electron chi connectivity index (χ2n) is 5.73. The fraction of sp³-hybridized carbons (Fsp3) is 0.571. The van der Waals surface area contributed by atoms with Gasteiger partial charge in [0.15, 0.2) is 0 Å². The number of hydrogen-bond acceptors (Lipinski definition) is 6. The van der Waals surface area contributed by atoms with Crippen LogP contribution in [0.1, 0.15) is 29.4 Å². The molecule has 0 fully saturated rings. The number of aryl methyl sites for hydroxylation is 1. The van der Waals surface area contributed by atoms with Gasteiger partial charge in [0.2, 0.25) is 10.0 Å². The molecule has 2 aromatic heterocycles. The van der Waals surface area contributed by atoms with Crippen LogP contribution in [0.15, 0.2) is 17.9 Å². The molecule has 0 spiro atoms. The highest BCUT2D eigenvalue weighted by molar-refractivity contribution is 7.89. The van der Waals surface area contributed by atoms with Crippen LogP contribution in [0.25, 0.3) is 0 Å². The fourth-order valence-corrected chi connectivity index (χ4v) is 4.04. The number of aromatic nitrogens is 3. The third-order valence-electron chi connectivity index (χ3n) is 3.97. The van der Waals surface area contributed by atoms with Gasteiger partial charge in [-0.05, 0) is 13.8 Å². The lowest BCUT2D eigenvalue weighted by Crippen LogP contribution is -2.42. The number of fused-ring (bicyclic) bond motifs is 1. The average Bonchev–Trinajstić information content (AvgIpc) is 3.14. The molecule has 0 radical (unpaired) electrons. The van der Waals surface area contributed by atoms with Gasteiger partial charge in [0.1, 0.15) is 0 Å². The quantitative estimate of drug-likeness (QED) is 0.841. The molecule has 1 aliphatic rings. The van der Waals surface area contributed by atoms with Gasteiger partial charge in [-0.15, -0.1) is 11.3 Å². The number of nitrogens with one attached hydrogen (secondary N) is 1. The molecule has 126 valence electrons. The Hall–Kier alpha value is -1.29. The minimum absolute atomic E-state index is 0.0438. The molecule has 0 unspecified atom stereocenters. The molecule has 3 rings (SSSR count). The Morgan fingerprint density at radius 1 is 1.48 bits per heavy atom. The number of hydrogen-bond donors (Lipinski definition) is 1. The van der Waals surface area contributed by atoms with Crippen molar-refractivity contribution in [2.24, 2.45) is 0 Å². The standard InChI is InChI=1S/C14H21N5O2S2/c1-3-23(20,21)16-5-14-8-18(6-12-9-22-11(2)17-12)7-13-4-15-10-19(13)14/h4,9-10,14,16H,3,5-8H2,1-2H3/t14-/m1/s1. The summed E-state index contributed by atoms with van der Waals surface area (Å²) in [6.07, 6.45) is 3.63. The number of rotatable bonds is 6. The van der Waals surface area contributed by atoms with Gasteiger partial charge in [-0.2, -0.15) is 0 Å². The highest BCUT2D eigenvalue weighted by Crippen LogP contribution is 2.22. The Kier molecular flexibility index (Phi) is 4.81. The second kappa shape index (κ2) is 6.68. The molecule has 1 N–H and O–H groups in total. The van der Waals surface area contributed by atoms with Crippen molar-refractivity contribution in [3.8, 4) is 0 Å². The van der Waals surface area contributed by atoms with E-state index in [-0.39, 0.29) is 11.8 Å². The van der Waals surface area contributed by atoms with E-state index in [0.717, 1.165) is 36.0 Å². The lowest BCUT2D eigenvalue weighted by molar-refractivity contribution is 0.176. The Balaban J connectivity index is 1.72. The lowest BCUT2D eigenvalue weighted by atomic mass is 10.2. The molecule has 9 heteroatoms. The van der Waals surface area contributed by atoms with Gasteiger partial charge in [-0.1, -0.05) is 0 Å². The van der Waals surface area contributed by atoms with Gasteiger partial charge in [0.05, 0.1) is 34.5 Å². The Labute approximate surface area is 140 Å². The van der Waals surface area contributed by atoms with E-state index >= 15 is 0 Å². The molecule has 0 saturated heterocycles. The van der Waals surface area contributed by atoms with Gasteiger partial charge in [-0.3, -0.25) is 4.90 Å². The van der Waals surface area contributed by atoms with Gasteiger partial charge in [0, 0.05) is 37.8 Å².